The molecule has 1 aliphatic rings. The summed E-state index contributed by atoms with van der Waals surface area (Å²) < 4.78 is 7.10. The second-order valence-electron chi connectivity index (χ2n) is 3.41. The Morgan fingerprint density at radius 2 is 2.64 bits per heavy atom. The Hall–Kier alpha value is -1.36. The molecule has 14 heavy (non-hydrogen) atoms. The maximum atomic E-state index is 10.8. The molecule has 1 aromatic rings. The molecular formula is C9H13N3O2. The monoisotopic (exact) mass is 195 g/mol. The second-order valence-corrected chi connectivity index (χ2v) is 3.41. The van der Waals surface area contributed by atoms with Gasteiger partial charge < -0.3 is 10.1 Å². The van der Waals surface area contributed by atoms with Gasteiger partial charge in [0.2, 0.25) is 5.91 Å². The number of ether oxygens (including phenoxy) is 1. The zero-order chi connectivity index (χ0) is 9.97. The fourth-order valence-electron chi connectivity index (χ4n) is 1.54. The highest BCUT2D eigenvalue weighted by Gasteiger charge is 2.18. The van der Waals surface area contributed by atoms with E-state index in [2.05, 4.69) is 10.4 Å². The van der Waals surface area contributed by atoms with Crippen molar-refractivity contribution in [3.8, 4) is 0 Å². The van der Waals surface area contributed by atoms with Crippen molar-refractivity contribution in [2.24, 2.45) is 0 Å². The number of carbonyl (C=O) groups is 1. The lowest BCUT2D eigenvalue weighted by atomic mass is 10.3. The molecule has 5 nitrogen and oxygen atoms in total. The normalized spacial score (nSPS) is 21.1. The van der Waals surface area contributed by atoms with Crippen LogP contribution in [-0.4, -0.2) is 28.9 Å². The van der Waals surface area contributed by atoms with Crippen molar-refractivity contribution >= 4 is 11.6 Å². The van der Waals surface area contributed by atoms with Gasteiger partial charge in [0.05, 0.1) is 24.5 Å². The fraction of sp³-hybridized carbons (Fsp3) is 0.556. The Bertz CT molecular complexity index is 329. The lowest BCUT2D eigenvalue weighted by Gasteiger charge is -2.06. The molecule has 1 aromatic heterocycles. The number of carbonyl (C=O) groups excluding carboxylic acids is 1. The largest absolute Gasteiger partial charge is 0.379 e. The topological polar surface area (TPSA) is 56.2 Å². The van der Waals surface area contributed by atoms with Gasteiger partial charge in [-0.25, -0.2) is 0 Å². The van der Waals surface area contributed by atoms with Gasteiger partial charge in [0, 0.05) is 19.7 Å². The average molecular weight is 195 g/mol. The van der Waals surface area contributed by atoms with Gasteiger partial charge in [-0.3, -0.25) is 9.48 Å². The van der Waals surface area contributed by atoms with Gasteiger partial charge in [0.15, 0.2) is 0 Å². The van der Waals surface area contributed by atoms with Crippen LogP contribution < -0.4 is 5.32 Å². The first-order valence-corrected chi connectivity index (χ1v) is 4.65. The number of hydrogen-bond donors (Lipinski definition) is 1. The fourth-order valence-corrected chi connectivity index (χ4v) is 1.54. The van der Waals surface area contributed by atoms with Gasteiger partial charge >= 0.3 is 0 Å². The van der Waals surface area contributed by atoms with E-state index >= 15 is 0 Å². The summed E-state index contributed by atoms with van der Waals surface area (Å²) in [5.74, 6) is -0.0766. The molecular weight excluding hydrogens is 182 g/mol. The number of rotatable bonds is 2. The van der Waals surface area contributed by atoms with Crippen molar-refractivity contribution < 1.29 is 9.53 Å². The van der Waals surface area contributed by atoms with E-state index in [1.165, 1.54) is 6.92 Å². The van der Waals surface area contributed by atoms with Crippen molar-refractivity contribution in [2.75, 3.05) is 18.5 Å². The van der Waals surface area contributed by atoms with Crippen LogP contribution in [-0.2, 0) is 9.53 Å². The van der Waals surface area contributed by atoms with Gasteiger partial charge in [-0.05, 0) is 6.42 Å². The van der Waals surface area contributed by atoms with Crippen LogP contribution in [0.5, 0.6) is 0 Å². The highest BCUT2D eigenvalue weighted by Crippen LogP contribution is 2.19. The third-order valence-corrected chi connectivity index (χ3v) is 2.20. The first-order chi connectivity index (χ1) is 6.75. The molecule has 0 aromatic carbocycles. The number of anilines is 1. The third kappa shape index (κ3) is 1.93. The molecule has 0 radical (unpaired) electrons. The predicted octanol–water partition coefficient (Wildman–Crippen LogP) is 0.803. The smallest absolute Gasteiger partial charge is 0.221 e. The van der Waals surface area contributed by atoms with Crippen LogP contribution in [0.4, 0.5) is 5.69 Å². The van der Waals surface area contributed by atoms with Crippen LogP contribution in [0.15, 0.2) is 12.4 Å². The van der Waals surface area contributed by atoms with Gasteiger partial charge in [-0.2, -0.15) is 5.10 Å². The first kappa shape index (κ1) is 9.21. The van der Waals surface area contributed by atoms with Gasteiger partial charge in [-0.15, -0.1) is 0 Å². The van der Waals surface area contributed by atoms with Gasteiger partial charge in [-0.1, -0.05) is 0 Å². The maximum Gasteiger partial charge on any atom is 0.221 e. The molecule has 76 valence electrons. The standard InChI is InChI=1S/C9H13N3O2/c1-7(13)11-8-4-10-12(5-8)9-2-3-14-6-9/h4-5,9H,2-3,6H2,1H3,(H,11,13). The van der Waals surface area contributed by atoms with Crippen LogP contribution in [0.25, 0.3) is 0 Å². The van der Waals surface area contributed by atoms with Gasteiger partial charge in [0.1, 0.15) is 0 Å². The number of hydrogen-bond acceptors (Lipinski definition) is 3. The SMILES string of the molecule is CC(=O)Nc1cnn(C2CCOC2)c1. The number of aromatic nitrogens is 2. The van der Waals surface area contributed by atoms with Crippen molar-refractivity contribution in [1.82, 2.24) is 9.78 Å². The number of nitrogens with zero attached hydrogens (tertiary/aromatic N) is 2. The molecule has 5 heteroatoms. The predicted molar refractivity (Wildman–Crippen MR) is 51.0 cm³/mol. The van der Waals surface area contributed by atoms with Crippen molar-refractivity contribution in [2.45, 2.75) is 19.4 Å². The molecule has 1 N–H and O–H groups in total. The van der Waals surface area contributed by atoms with E-state index in [0.29, 0.717) is 12.6 Å². The van der Waals surface area contributed by atoms with Crippen LogP contribution in [0.2, 0.25) is 0 Å². The van der Waals surface area contributed by atoms with E-state index in [1.54, 1.807) is 6.20 Å². The Morgan fingerprint density at radius 1 is 1.79 bits per heavy atom. The number of amides is 1. The molecule has 1 aliphatic heterocycles. The first-order valence-electron chi connectivity index (χ1n) is 4.65. The van der Waals surface area contributed by atoms with Crippen molar-refractivity contribution in [1.29, 1.82) is 0 Å². The van der Waals surface area contributed by atoms with Crippen molar-refractivity contribution in [3.05, 3.63) is 12.4 Å². The van der Waals surface area contributed by atoms with Crippen LogP contribution >= 0.6 is 0 Å². The Morgan fingerprint density at radius 3 is 3.29 bits per heavy atom. The molecule has 1 amide bonds. The number of nitrogens with one attached hydrogen (secondary N) is 1. The summed E-state index contributed by atoms with van der Waals surface area (Å²) in [7, 11) is 0. The zero-order valence-corrected chi connectivity index (χ0v) is 8.06. The highest BCUT2D eigenvalue weighted by molar-refractivity contribution is 5.88. The molecule has 1 atom stereocenters. The average Bonchev–Trinajstić information content (AvgIpc) is 2.69. The lowest BCUT2D eigenvalue weighted by Crippen LogP contribution is -2.09. The Kier molecular flexibility index (Phi) is 2.49. The summed E-state index contributed by atoms with van der Waals surface area (Å²) in [6.07, 6.45) is 4.47. The summed E-state index contributed by atoms with van der Waals surface area (Å²) >= 11 is 0. The molecule has 0 spiro atoms. The zero-order valence-electron chi connectivity index (χ0n) is 8.06. The van der Waals surface area contributed by atoms with E-state index in [0.717, 1.165) is 18.7 Å². The molecule has 0 aliphatic carbocycles. The molecule has 1 unspecified atom stereocenters. The highest BCUT2D eigenvalue weighted by atomic mass is 16.5. The summed E-state index contributed by atoms with van der Waals surface area (Å²) in [6, 6.07) is 0.317. The maximum absolute atomic E-state index is 10.8. The second kappa shape index (κ2) is 3.79. The summed E-state index contributed by atoms with van der Waals surface area (Å²) in [6.45, 7) is 2.98. The summed E-state index contributed by atoms with van der Waals surface area (Å²) in [5.41, 5.74) is 0.740. The minimum atomic E-state index is -0.0766. The lowest BCUT2D eigenvalue weighted by molar-refractivity contribution is -0.114. The van der Waals surface area contributed by atoms with E-state index in [1.807, 2.05) is 10.9 Å². The minimum absolute atomic E-state index is 0.0766. The summed E-state index contributed by atoms with van der Waals surface area (Å²) in [4.78, 5) is 10.8. The van der Waals surface area contributed by atoms with Crippen LogP contribution in [0.3, 0.4) is 0 Å². The molecule has 2 rings (SSSR count). The summed E-state index contributed by atoms with van der Waals surface area (Å²) in [5, 5.41) is 6.86. The van der Waals surface area contributed by atoms with E-state index in [-0.39, 0.29) is 5.91 Å². The van der Waals surface area contributed by atoms with Gasteiger partial charge in [0.25, 0.3) is 0 Å². The Labute approximate surface area is 82.0 Å². The molecule has 1 saturated heterocycles. The van der Waals surface area contributed by atoms with Crippen molar-refractivity contribution in [3.63, 3.8) is 0 Å². The quantitative estimate of drug-likeness (QED) is 0.759. The van der Waals surface area contributed by atoms with Crippen LogP contribution in [0, 0.1) is 0 Å². The van der Waals surface area contributed by atoms with E-state index in [4.69, 9.17) is 4.74 Å². The minimum Gasteiger partial charge on any atom is -0.379 e. The van der Waals surface area contributed by atoms with E-state index < -0.39 is 0 Å². The third-order valence-electron chi connectivity index (χ3n) is 2.20. The molecule has 2 heterocycles. The molecule has 0 saturated carbocycles. The van der Waals surface area contributed by atoms with Crippen LogP contribution in [0.1, 0.15) is 19.4 Å². The van der Waals surface area contributed by atoms with E-state index in [9.17, 15) is 4.79 Å². The molecule has 0 bridgehead atoms. The molecule has 1 fully saturated rings. The Balaban J connectivity index is 2.05.